The highest BCUT2D eigenvalue weighted by atomic mass is 16.5. The number of aliphatic hydroxyl groups is 1. The van der Waals surface area contributed by atoms with Crippen LogP contribution in [-0.2, 0) is 4.79 Å². The van der Waals surface area contributed by atoms with Crippen LogP contribution < -0.4 is 9.22 Å². The molecule has 0 fully saturated rings. The zero-order valence-corrected chi connectivity index (χ0v) is 15.8. The van der Waals surface area contributed by atoms with E-state index in [2.05, 4.69) is 13.8 Å². The molecular weight excluding hydrogens is 292 g/mol. The van der Waals surface area contributed by atoms with Gasteiger partial charge in [0.1, 0.15) is 11.4 Å². The molecule has 0 radical (unpaired) electrons. The topological polar surface area (TPSA) is 46.5 Å². The molecular formula is C18H32N2O3+2. The molecule has 1 N–H and O–H groups in total. The summed E-state index contributed by atoms with van der Waals surface area (Å²) in [6.45, 7) is 7.71. The Morgan fingerprint density at radius 2 is 1.65 bits per heavy atom. The third kappa shape index (κ3) is 4.10. The van der Waals surface area contributed by atoms with E-state index in [0.29, 0.717) is 10.2 Å². The zero-order valence-electron chi connectivity index (χ0n) is 15.8. The fraction of sp³-hybridized carbons (Fsp3) is 0.611. The van der Waals surface area contributed by atoms with E-state index >= 15 is 0 Å². The molecule has 0 aliphatic carbocycles. The molecule has 0 spiro atoms. The van der Waals surface area contributed by atoms with E-state index in [-0.39, 0.29) is 23.0 Å². The molecule has 1 aromatic carbocycles. The molecule has 1 aromatic rings. The Morgan fingerprint density at radius 3 is 2.04 bits per heavy atom. The van der Waals surface area contributed by atoms with Crippen LogP contribution in [0.1, 0.15) is 27.7 Å². The quantitative estimate of drug-likeness (QED) is 0.645. The number of hydrogen-bond donors (Lipinski definition) is 1. The largest absolute Gasteiger partial charge is 0.484 e. The molecule has 0 bridgehead atoms. The fourth-order valence-electron chi connectivity index (χ4n) is 2.04. The molecule has 0 aliphatic rings. The number of benzene rings is 1. The Kier molecular flexibility index (Phi) is 5.62. The van der Waals surface area contributed by atoms with Crippen LogP contribution in [0.5, 0.6) is 5.75 Å². The van der Waals surface area contributed by atoms with Crippen LogP contribution >= 0.6 is 0 Å². The van der Waals surface area contributed by atoms with Gasteiger partial charge in [-0.25, -0.2) is 9.28 Å². The van der Waals surface area contributed by atoms with Crippen molar-refractivity contribution in [3.05, 3.63) is 24.3 Å². The van der Waals surface area contributed by atoms with E-state index in [1.165, 1.54) is 0 Å². The molecule has 5 nitrogen and oxygen atoms in total. The first-order chi connectivity index (χ1) is 10.3. The average molecular weight is 324 g/mol. The van der Waals surface area contributed by atoms with E-state index in [9.17, 15) is 9.90 Å². The third-order valence-electron chi connectivity index (χ3n) is 5.31. The van der Waals surface area contributed by atoms with Gasteiger partial charge in [0, 0.05) is 19.1 Å². The van der Waals surface area contributed by atoms with Crippen molar-refractivity contribution in [1.82, 2.24) is 4.48 Å². The number of amides is 1. The third-order valence-corrected chi connectivity index (χ3v) is 5.31. The van der Waals surface area contributed by atoms with Gasteiger partial charge in [-0.15, -0.1) is 0 Å². The number of likely N-dealkylation sites (N-methyl/N-ethyl adjacent to an activating group) is 1. The smallest absolute Gasteiger partial charge is 0.315 e. The second kappa shape index (κ2) is 6.59. The highest BCUT2D eigenvalue weighted by molar-refractivity contribution is 5.85. The molecule has 23 heavy (non-hydrogen) atoms. The van der Waals surface area contributed by atoms with Crippen molar-refractivity contribution in [2.24, 2.45) is 0 Å². The van der Waals surface area contributed by atoms with Gasteiger partial charge < -0.3 is 9.84 Å². The summed E-state index contributed by atoms with van der Waals surface area (Å²) in [5.41, 5.74) is -0.100. The standard InChI is InChI=1S/C18H32N2O3/c1-14(2)20(7,8)18(4,22)13-23-17-11-9-16(10-12-17)19(5,6)15(3)21/h9-12,14,22H,13H2,1-8H3/q+2. The zero-order chi connectivity index (χ0) is 18.1. The first-order valence-electron chi connectivity index (χ1n) is 7.97. The number of nitrogens with zero attached hydrogens (tertiary/aromatic N) is 2. The summed E-state index contributed by atoms with van der Waals surface area (Å²) >= 11 is 0. The molecule has 5 heteroatoms. The summed E-state index contributed by atoms with van der Waals surface area (Å²) in [5, 5.41) is 10.7. The van der Waals surface area contributed by atoms with Gasteiger partial charge in [-0.05, 0) is 26.0 Å². The van der Waals surface area contributed by atoms with Gasteiger partial charge in [-0.2, -0.15) is 0 Å². The van der Waals surface area contributed by atoms with Crippen molar-refractivity contribution < 1.29 is 19.1 Å². The van der Waals surface area contributed by atoms with Crippen LogP contribution in [0.4, 0.5) is 5.69 Å². The van der Waals surface area contributed by atoms with Gasteiger partial charge in [0.05, 0.1) is 41.2 Å². The summed E-state index contributed by atoms with van der Waals surface area (Å²) in [7, 11) is 7.69. The Hall–Kier alpha value is -1.43. The number of quaternary nitrogens is 2. The molecule has 1 amide bonds. The Balaban J connectivity index is 2.83. The highest BCUT2D eigenvalue weighted by Gasteiger charge is 2.42. The van der Waals surface area contributed by atoms with Crippen LogP contribution in [0.3, 0.4) is 0 Å². The second-order valence-electron chi connectivity index (χ2n) is 7.61. The van der Waals surface area contributed by atoms with Crippen LogP contribution in [0.25, 0.3) is 0 Å². The van der Waals surface area contributed by atoms with E-state index in [1.807, 2.05) is 52.5 Å². The van der Waals surface area contributed by atoms with Crippen LogP contribution in [0.2, 0.25) is 0 Å². The van der Waals surface area contributed by atoms with E-state index in [4.69, 9.17) is 4.74 Å². The van der Waals surface area contributed by atoms with Crippen LogP contribution in [-0.4, -0.2) is 62.1 Å². The number of hydrogen-bond acceptors (Lipinski definition) is 3. The SMILES string of the molecule is CC(=O)[N+](C)(C)c1ccc(OCC(C)(O)[N+](C)(C)C(C)C)cc1. The predicted octanol–water partition coefficient (Wildman–Crippen LogP) is 2.37. The van der Waals surface area contributed by atoms with Crippen molar-refractivity contribution in [3.63, 3.8) is 0 Å². The molecule has 0 heterocycles. The van der Waals surface area contributed by atoms with Crippen molar-refractivity contribution >= 4 is 11.6 Å². The van der Waals surface area contributed by atoms with Gasteiger partial charge >= 0.3 is 5.91 Å². The lowest BCUT2D eigenvalue weighted by Gasteiger charge is -2.45. The summed E-state index contributed by atoms with van der Waals surface area (Å²) in [5.74, 6) is 0.749. The lowest BCUT2D eigenvalue weighted by Crippen LogP contribution is -2.64. The average Bonchev–Trinajstić information content (AvgIpc) is 2.45. The summed E-state index contributed by atoms with van der Waals surface area (Å²) in [6, 6.07) is 7.71. The minimum absolute atomic E-state index is 0.0672. The summed E-state index contributed by atoms with van der Waals surface area (Å²) < 4.78 is 6.41. The Labute approximate surface area is 140 Å². The second-order valence-corrected chi connectivity index (χ2v) is 7.61. The lowest BCUT2D eigenvalue weighted by molar-refractivity contribution is -0.982. The predicted molar refractivity (Wildman–Crippen MR) is 94.1 cm³/mol. The molecule has 1 unspecified atom stereocenters. The number of rotatable bonds is 6. The van der Waals surface area contributed by atoms with Gasteiger partial charge in [0.25, 0.3) is 0 Å². The van der Waals surface area contributed by atoms with Crippen molar-refractivity contribution in [2.75, 3.05) is 34.8 Å². The van der Waals surface area contributed by atoms with Crippen molar-refractivity contribution in [3.8, 4) is 5.75 Å². The maximum atomic E-state index is 11.7. The summed E-state index contributed by atoms with van der Waals surface area (Å²) in [4.78, 5) is 11.7. The monoisotopic (exact) mass is 324 g/mol. The number of carbonyl (C=O) groups excluding carboxylic acids is 1. The molecule has 0 saturated heterocycles. The van der Waals surface area contributed by atoms with E-state index < -0.39 is 5.72 Å². The van der Waals surface area contributed by atoms with Crippen molar-refractivity contribution in [2.45, 2.75) is 39.5 Å². The maximum Gasteiger partial charge on any atom is 0.315 e. The fourth-order valence-corrected chi connectivity index (χ4v) is 2.04. The summed E-state index contributed by atoms with van der Waals surface area (Å²) in [6.07, 6.45) is 0. The molecule has 0 saturated carbocycles. The normalized spacial score (nSPS) is 15.4. The lowest BCUT2D eigenvalue weighted by atomic mass is 10.1. The molecule has 0 aromatic heterocycles. The minimum Gasteiger partial charge on any atom is -0.484 e. The van der Waals surface area contributed by atoms with Gasteiger partial charge in [0.2, 0.25) is 5.72 Å². The van der Waals surface area contributed by atoms with E-state index in [0.717, 1.165) is 5.69 Å². The van der Waals surface area contributed by atoms with Crippen LogP contribution in [0.15, 0.2) is 24.3 Å². The number of carbonyl (C=O) groups is 1. The van der Waals surface area contributed by atoms with Crippen molar-refractivity contribution in [1.29, 1.82) is 0 Å². The van der Waals surface area contributed by atoms with Crippen LogP contribution in [0, 0.1) is 0 Å². The first-order valence-corrected chi connectivity index (χ1v) is 7.97. The minimum atomic E-state index is -0.998. The molecule has 130 valence electrons. The van der Waals surface area contributed by atoms with Gasteiger partial charge in [-0.3, -0.25) is 4.48 Å². The van der Waals surface area contributed by atoms with Gasteiger partial charge in [-0.1, -0.05) is 0 Å². The first kappa shape index (κ1) is 19.6. The number of ether oxygens (including phenoxy) is 1. The Bertz CT molecular complexity index is 546. The highest BCUT2D eigenvalue weighted by Crippen LogP contribution is 2.26. The molecule has 0 aliphatic heterocycles. The Morgan fingerprint density at radius 1 is 1.17 bits per heavy atom. The molecule has 1 atom stereocenters. The van der Waals surface area contributed by atoms with Gasteiger partial charge in [0.15, 0.2) is 6.61 Å². The molecule has 1 rings (SSSR count). The maximum absolute atomic E-state index is 11.7. The van der Waals surface area contributed by atoms with E-state index in [1.54, 1.807) is 13.8 Å².